The minimum absolute atomic E-state index is 0.00525. The zero-order chi connectivity index (χ0) is 45.1. The Bertz CT molecular complexity index is 3120. The molecule has 0 radical (unpaired) electrons. The van der Waals surface area contributed by atoms with Crippen LogP contribution in [0.15, 0.2) is 157 Å². The second-order valence-corrected chi connectivity index (χ2v) is 9.11. The monoisotopic (exact) mass is 569 g/mol. The van der Waals surface area contributed by atoms with E-state index in [1.54, 1.807) is 12.1 Å². The van der Waals surface area contributed by atoms with Crippen LogP contribution < -0.4 is 0 Å². The lowest BCUT2D eigenvalue weighted by molar-refractivity contribution is 1.07. The predicted molar refractivity (Wildman–Crippen MR) is 176 cm³/mol. The number of para-hydroxylation sites is 1. The molecule has 0 aliphatic carbocycles. The van der Waals surface area contributed by atoms with Crippen LogP contribution in [0, 0.1) is 0 Å². The quantitative estimate of drug-likeness (QED) is 0.207. The van der Waals surface area contributed by atoms with Gasteiger partial charge in [-0.1, -0.05) is 121 Å². The first-order valence-corrected chi connectivity index (χ1v) is 12.8. The van der Waals surface area contributed by atoms with Gasteiger partial charge in [0.25, 0.3) is 0 Å². The zero-order valence-corrected chi connectivity index (χ0v) is 21.8. The van der Waals surface area contributed by atoms with Crippen LogP contribution in [0.5, 0.6) is 0 Å². The van der Waals surface area contributed by atoms with Crippen LogP contribution in [0.25, 0.3) is 72.8 Å². The maximum Gasteiger partial charge on any atom is 0.164 e. The van der Waals surface area contributed by atoms with E-state index < -0.39 is 138 Å². The number of fused-ring (bicyclic) bond motifs is 3. The average Bonchev–Trinajstić information content (AvgIpc) is 3.62. The molecule has 4 heteroatoms. The summed E-state index contributed by atoms with van der Waals surface area (Å²) in [6.45, 7) is 0. The third-order valence-electron chi connectivity index (χ3n) is 6.66. The highest BCUT2D eigenvalue weighted by atomic mass is 15.0. The van der Waals surface area contributed by atoms with E-state index in [1.807, 2.05) is 0 Å². The summed E-state index contributed by atoms with van der Waals surface area (Å²) in [7, 11) is 0. The molecule has 0 saturated heterocycles. The summed E-state index contributed by atoms with van der Waals surface area (Å²) < 4.78 is 162. The van der Waals surface area contributed by atoms with Crippen LogP contribution in [0.4, 0.5) is 0 Å². The minimum Gasteiger partial charge on any atom is -0.309 e. The summed E-state index contributed by atoms with van der Waals surface area (Å²) in [4.78, 5) is 13.2. The molecule has 8 rings (SSSR count). The largest absolute Gasteiger partial charge is 0.309 e. The molecule has 43 heavy (non-hydrogen) atoms. The third-order valence-corrected chi connectivity index (χ3v) is 6.66. The lowest BCUT2D eigenvalue weighted by Crippen LogP contribution is -2.00. The van der Waals surface area contributed by atoms with Gasteiger partial charge in [0.1, 0.15) is 0 Å². The second kappa shape index (κ2) is 10.5. The molecule has 0 aliphatic rings. The van der Waals surface area contributed by atoms with Crippen molar-refractivity contribution >= 4 is 21.8 Å². The smallest absolute Gasteiger partial charge is 0.164 e. The summed E-state index contributed by atoms with van der Waals surface area (Å²) in [5.74, 6) is -1.13. The Labute approximate surface area is 276 Å². The van der Waals surface area contributed by atoms with E-state index in [2.05, 4.69) is 15.0 Å². The van der Waals surface area contributed by atoms with E-state index in [0.29, 0.717) is 5.69 Å². The van der Waals surface area contributed by atoms with Gasteiger partial charge in [0.15, 0.2) is 17.5 Å². The molecule has 0 saturated carbocycles. The lowest BCUT2D eigenvalue weighted by atomic mass is 9.99. The summed E-state index contributed by atoms with van der Waals surface area (Å²) in [5.41, 5.74) is -0.151. The highest BCUT2D eigenvalue weighted by Gasteiger charge is 2.17. The summed E-state index contributed by atoms with van der Waals surface area (Å²) in [5, 5.41) is 0.197. The van der Waals surface area contributed by atoms with Gasteiger partial charge in [0.05, 0.1) is 37.1 Å². The Morgan fingerprint density at radius 1 is 0.442 bits per heavy atom. The first kappa shape index (κ1) is 12.2. The molecule has 202 valence electrons. The first-order valence-electron chi connectivity index (χ1n) is 22.3. The molecular weight excluding hydrogens is 524 g/mol. The highest BCUT2D eigenvalue weighted by Crippen LogP contribution is 2.38. The summed E-state index contributed by atoms with van der Waals surface area (Å²) in [6, 6.07) is -0.955. The van der Waals surface area contributed by atoms with E-state index in [0.717, 1.165) is 0 Å². The topological polar surface area (TPSA) is 43.6 Å². The van der Waals surface area contributed by atoms with Crippen molar-refractivity contribution in [3.63, 3.8) is 0 Å². The van der Waals surface area contributed by atoms with Gasteiger partial charge in [-0.3, -0.25) is 0 Å². The van der Waals surface area contributed by atoms with Gasteiger partial charge in [0.2, 0.25) is 0 Å². The first-order chi connectivity index (χ1) is 29.2. The Balaban J connectivity index is 1.40. The van der Waals surface area contributed by atoms with Crippen molar-refractivity contribution in [3.05, 3.63) is 157 Å². The van der Waals surface area contributed by atoms with Crippen LogP contribution in [0.2, 0.25) is 0 Å². The van der Waals surface area contributed by atoms with E-state index in [-0.39, 0.29) is 44.3 Å². The highest BCUT2D eigenvalue weighted by molar-refractivity contribution is 6.15. The van der Waals surface area contributed by atoms with Crippen molar-refractivity contribution in [1.29, 1.82) is 0 Å². The molecule has 0 amide bonds. The Hall–Kier alpha value is -5.87. The number of nitrogens with zero attached hydrogens (tertiary/aromatic N) is 4. The predicted octanol–water partition coefficient (Wildman–Crippen LogP) is 9.64. The molecule has 0 spiro atoms. The van der Waals surface area contributed by atoms with Crippen LogP contribution in [0.3, 0.4) is 0 Å². The van der Waals surface area contributed by atoms with Crippen LogP contribution >= 0.6 is 0 Å². The van der Waals surface area contributed by atoms with E-state index in [9.17, 15) is 0 Å². The van der Waals surface area contributed by atoms with Gasteiger partial charge in [-0.05, 0) is 47.5 Å². The molecule has 0 aliphatic heterocycles. The van der Waals surface area contributed by atoms with Crippen molar-refractivity contribution in [2.45, 2.75) is 0 Å². The molecule has 0 atom stereocenters. The Morgan fingerprint density at radius 2 is 0.953 bits per heavy atom. The summed E-state index contributed by atoms with van der Waals surface area (Å²) >= 11 is 0. The van der Waals surface area contributed by atoms with Crippen molar-refractivity contribution in [2.24, 2.45) is 0 Å². The molecule has 2 heterocycles. The SMILES string of the molecule is [2H]c1c([2H])c([2H])c(-c2nc(-c3ccc(-n4c5cccc(-c6c([2H])c([2H])c([2H])c([2H])c6[2H])c5c5c([2H])c([2H])c([2H])c([2H])c54)cc3)nc(-c3c([2H])c([2H])c([2H])c([2H])c3[2H])n2)c([2H])c1[2H]. The van der Waals surface area contributed by atoms with Gasteiger partial charge in [-0.2, -0.15) is 0 Å². The van der Waals surface area contributed by atoms with E-state index in [1.165, 1.54) is 34.9 Å². The number of benzene rings is 6. The molecule has 8 aromatic rings. The second-order valence-electron chi connectivity index (χ2n) is 9.11. The van der Waals surface area contributed by atoms with Crippen LogP contribution in [-0.2, 0) is 0 Å². The van der Waals surface area contributed by atoms with Crippen molar-refractivity contribution < 1.29 is 26.0 Å². The number of rotatable bonds is 5. The standard InChI is InChI=1S/C39H26N4/c1-4-13-27(14-5-1)32-20-12-22-35-36(32)33-19-10-11-21-34(33)43(35)31-25-23-30(24-26-31)39-41-37(28-15-6-2-7-16-28)40-38(42-39)29-17-8-3-9-18-29/h1-26H/i1D,2D,3D,4D,5D,6D,7D,8D,9D,10D,11D,13D,14D,15D,16D,17D,18D,19D,21D. The number of hydrogen-bond donors (Lipinski definition) is 0. The van der Waals surface area contributed by atoms with Crippen molar-refractivity contribution in [1.82, 2.24) is 19.5 Å². The number of aromatic nitrogens is 4. The van der Waals surface area contributed by atoms with E-state index >= 15 is 0 Å². The normalized spacial score (nSPS) is 17.4. The molecule has 4 nitrogen and oxygen atoms in total. The maximum atomic E-state index is 9.01. The molecule has 0 N–H and O–H groups in total. The Morgan fingerprint density at radius 3 is 1.56 bits per heavy atom. The summed E-state index contributed by atoms with van der Waals surface area (Å²) in [6.07, 6.45) is 0. The molecule has 0 fully saturated rings. The van der Waals surface area contributed by atoms with Gasteiger partial charge in [-0.25, -0.2) is 15.0 Å². The van der Waals surface area contributed by atoms with Crippen molar-refractivity contribution in [2.75, 3.05) is 0 Å². The average molecular weight is 570 g/mol. The van der Waals surface area contributed by atoms with Crippen LogP contribution in [0.1, 0.15) is 26.0 Å². The van der Waals surface area contributed by atoms with Gasteiger partial charge < -0.3 is 4.57 Å². The molecular formula is C39H26N4. The third kappa shape index (κ3) is 4.46. The lowest BCUT2D eigenvalue weighted by Gasteiger charge is -2.11. The molecule has 6 aromatic carbocycles. The molecule has 0 unspecified atom stereocenters. The fourth-order valence-corrected chi connectivity index (χ4v) is 4.84. The minimum atomic E-state index is -0.699. The zero-order valence-electron chi connectivity index (χ0n) is 40.8. The number of hydrogen-bond acceptors (Lipinski definition) is 3. The fraction of sp³-hybridized carbons (Fsp3) is 0. The Kier molecular flexibility index (Phi) is 2.97. The van der Waals surface area contributed by atoms with Gasteiger partial charge >= 0.3 is 0 Å². The fourth-order valence-electron chi connectivity index (χ4n) is 4.84. The van der Waals surface area contributed by atoms with Gasteiger partial charge in [0, 0.05) is 33.2 Å². The van der Waals surface area contributed by atoms with E-state index in [4.69, 9.17) is 26.0 Å². The van der Waals surface area contributed by atoms with Gasteiger partial charge in [-0.15, -0.1) is 0 Å². The molecule has 0 bridgehead atoms. The van der Waals surface area contributed by atoms with Crippen molar-refractivity contribution in [3.8, 4) is 51.0 Å². The van der Waals surface area contributed by atoms with Crippen LogP contribution in [-0.4, -0.2) is 19.5 Å². The molecule has 2 aromatic heterocycles. The maximum absolute atomic E-state index is 9.01.